The number of carbonyl (C=O) groups excluding carboxylic acids is 3. The Bertz CT molecular complexity index is 863. The van der Waals surface area contributed by atoms with Crippen molar-refractivity contribution in [2.75, 3.05) is 19.8 Å². The van der Waals surface area contributed by atoms with Crippen LogP contribution in [0, 0.1) is 5.82 Å². The van der Waals surface area contributed by atoms with Crippen LogP contribution in [-0.4, -0.2) is 37.2 Å². The third-order valence-electron chi connectivity index (χ3n) is 4.06. The van der Waals surface area contributed by atoms with E-state index in [2.05, 4.69) is 5.32 Å². The first kappa shape index (κ1) is 18.6. The van der Waals surface area contributed by atoms with Crippen LogP contribution in [0.3, 0.4) is 0 Å². The van der Waals surface area contributed by atoms with Gasteiger partial charge in [-0.1, -0.05) is 0 Å². The van der Waals surface area contributed by atoms with Crippen LogP contribution in [0.15, 0.2) is 42.5 Å². The minimum absolute atomic E-state index is 0.0101. The van der Waals surface area contributed by atoms with Crippen molar-refractivity contribution in [3.8, 4) is 11.5 Å². The molecule has 0 aromatic heterocycles. The molecule has 0 aliphatic carbocycles. The molecule has 1 aliphatic rings. The van der Waals surface area contributed by atoms with Crippen molar-refractivity contribution in [3.63, 3.8) is 0 Å². The van der Waals surface area contributed by atoms with Gasteiger partial charge in [0.2, 0.25) is 5.91 Å². The molecule has 0 saturated carbocycles. The Balaban J connectivity index is 1.46. The van der Waals surface area contributed by atoms with E-state index in [-0.39, 0.29) is 31.0 Å². The highest BCUT2D eigenvalue weighted by Gasteiger charge is 2.16. The molecule has 0 bridgehead atoms. The predicted octanol–water partition coefficient (Wildman–Crippen LogP) is 2.56. The van der Waals surface area contributed by atoms with Crippen LogP contribution >= 0.6 is 0 Å². The molecule has 0 fully saturated rings. The molecule has 6 nitrogen and oxygen atoms in total. The van der Waals surface area contributed by atoms with Crippen molar-refractivity contribution < 1.29 is 28.2 Å². The van der Waals surface area contributed by atoms with Gasteiger partial charge in [-0.2, -0.15) is 0 Å². The lowest BCUT2D eigenvalue weighted by Crippen LogP contribution is -2.29. The minimum atomic E-state index is -0.437. The fraction of sp³-hybridized carbons (Fsp3) is 0.250. The maximum absolute atomic E-state index is 12.8. The van der Waals surface area contributed by atoms with E-state index in [0.29, 0.717) is 35.8 Å². The first-order valence-corrected chi connectivity index (χ1v) is 8.51. The zero-order valence-corrected chi connectivity index (χ0v) is 14.5. The number of fused-ring (bicyclic) bond motifs is 1. The summed E-state index contributed by atoms with van der Waals surface area (Å²) in [6.07, 6.45) is -0.0276. The number of benzene rings is 2. The smallest absolute Gasteiger partial charge is 0.220 e. The number of ketones is 2. The predicted molar refractivity (Wildman–Crippen MR) is 94.7 cm³/mol. The van der Waals surface area contributed by atoms with E-state index in [1.807, 2.05) is 0 Å². The van der Waals surface area contributed by atoms with E-state index in [1.165, 1.54) is 24.3 Å². The molecule has 0 radical (unpaired) electrons. The van der Waals surface area contributed by atoms with E-state index in [9.17, 15) is 18.8 Å². The molecule has 1 heterocycles. The van der Waals surface area contributed by atoms with Crippen molar-refractivity contribution in [3.05, 3.63) is 59.4 Å². The Morgan fingerprint density at radius 1 is 0.852 bits per heavy atom. The Morgan fingerprint density at radius 3 is 2.26 bits per heavy atom. The molecule has 2 aromatic carbocycles. The SMILES string of the molecule is O=C(CCC(=O)c1ccc2c(c1)OCCO2)NCC(=O)c1ccc(F)cc1. The van der Waals surface area contributed by atoms with Gasteiger partial charge in [-0.25, -0.2) is 4.39 Å². The Morgan fingerprint density at radius 2 is 1.52 bits per heavy atom. The molecule has 3 rings (SSSR count). The van der Waals surface area contributed by atoms with Gasteiger partial charge in [0.05, 0.1) is 6.54 Å². The van der Waals surface area contributed by atoms with Crippen LogP contribution in [0.4, 0.5) is 4.39 Å². The summed E-state index contributed by atoms with van der Waals surface area (Å²) in [6.45, 7) is 0.689. The summed E-state index contributed by atoms with van der Waals surface area (Å²) in [7, 11) is 0. The molecule has 0 spiro atoms. The molecule has 2 aromatic rings. The monoisotopic (exact) mass is 371 g/mol. The number of ether oxygens (including phenoxy) is 2. The highest BCUT2D eigenvalue weighted by molar-refractivity contribution is 6.01. The van der Waals surface area contributed by atoms with Crippen LogP contribution in [0.5, 0.6) is 11.5 Å². The van der Waals surface area contributed by atoms with Gasteiger partial charge in [0, 0.05) is 24.0 Å². The summed E-state index contributed by atoms with van der Waals surface area (Å²) < 4.78 is 23.7. The molecule has 1 aliphatic heterocycles. The van der Waals surface area contributed by atoms with Gasteiger partial charge < -0.3 is 14.8 Å². The van der Waals surface area contributed by atoms with Crippen LogP contribution in [0.2, 0.25) is 0 Å². The Hall–Kier alpha value is -3.22. The van der Waals surface area contributed by atoms with Crippen molar-refractivity contribution in [1.29, 1.82) is 0 Å². The normalized spacial score (nSPS) is 12.3. The maximum Gasteiger partial charge on any atom is 0.220 e. The van der Waals surface area contributed by atoms with Crippen molar-refractivity contribution in [1.82, 2.24) is 5.32 Å². The standard InChI is InChI=1S/C20H18FNO5/c21-15-4-1-13(2-5-15)17(24)12-22-20(25)8-6-16(23)14-3-7-18-19(11-14)27-10-9-26-18/h1-5,7,11H,6,8-10,12H2,(H,22,25). The Kier molecular flexibility index (Phi) is 5.80. The van der Waals surface area contributed by atoms with E-state index in [0.717, 1.165) is 0 Å². The van der Waals surface area contributed by atoms with Crippen LogP contribution in [-0.2, 0) is 4.79 Å². The molecule has 7 heteroatoms. The fourth-order valence-electron chi connectivity index (χ4n) is 2.59. The third-order valence-corrected chi connectivity index (χ3v) is 4.06. The van der Waals surface area contributed by atoms with E-state index < -0.39 is 11.7 Å². The van der Waals surface area contributed by atoms with Crippen LogP contribution in [0.25, 0.3) is 0 Å². The number of Topliss-reactive ketones (excluding diaryl/α,β-unsaturated/α-hetero) is 2. The average Bonchev–Trinajstić information content (AvgIpc) is 2.70. The van der Waals surface area contributed by atoms with Gasteiger partial charge >= 0.3 is 0 Å². The molecule has 140 valence electrons. The average molecular weight is 371 g/mol. The van der Waals surface area contributed by atoms with Gasteiger partial charge in [-0.3, -0.25) is 14.4 Å². The molecule has 0 saturated heterocycles. The minimum Gasteiger partial charge on any atom is -0.486 e. The quantitative estimate of drug-likeness (QED) is 0.757. The molecule has 0 atom stereocenters. The zero-order chi connectivity index (χ0) is 19.2. The molecule has 0 unspecified atom stereocenters. The Labute approximate surface area is 155 Å². The number of carbonyl (C=O) groups is 3. The third kappa shape index (κ3) is 4.91. The number of halogens is 1. The first-order valence-electron chi connectivity index (χ1n) is 8.51. The van der Waals surface area contributed by atoms with E-state index in [4.69, 9.17) is 9.47 Å². The molecule has 27 heavy (non-hydrogen) atoms. The second kappa shape index (κ2) is 8.44. The number of nitrogens with one attached hydrogen (secondary N) is 1. The zero-order valence-electron chi connectivity index (χ0n) is 14.5. The van der Waals surface area contributed by atoms with Crippen LogP contribution in [0.1, 0.15) is 33.6 Å². The van der Waals surface area contributed by atoms with E-state index in [1.54, 1.807) is 18.2 Å². The number of amides is 1. The van der Waals surface area contributed by atoms with Gasteiger partial charge in [0.15, 0.2) is 23.1 Å². The maximum atomic E-state index is 12.8. The molecule has 1 amide bonds. The number of hydrogen-bond donors (Lipinski definition) is 1. The van der Waals surface area contributed by atoms with Gasteiger partial charge in [0.25, 0.3) is 0 Å². The lowest BCUT2D eigenvalue weighted by molar-refractivity contribution is -0.120. The first-order chi connectivity index (χ1) is 13.0. The molecular weight excluding hydrogens is 353 g/mol. The summed E-state index contributed by atoms with van der Waals surface area (Å²) in [5.41, 5.74) is 0.749. The summed E-state index contributed by atoms with van der Waals surface area (Å²) in [6, 6.07) is 9.98. The van der Waals surface area contributed by atoms with Gasteiger partial charge in [-0.05, 0) is 42.5 Å². The topological polar surface area (TPSA) is 81.7 Å². The molecule has 1 N–H and O–H groups in total. The number of hydrogen-bond acceptors (Lipinski definition) is 5. The summed E-state index contributed by atoms with van der Waals surface area (Å²) in [5, 5.41) is 2.47. The largest absolute Gasteiger partial charge is 0.486 e. The van der Waals surface area contributed by atoms with Gasteiger partial charge in [-0.15, -0.1) is 0 Å². The second-order valence-electron chi connectivity index (χ2n) is 5.99. The summed E-state index contributed by atoms with van der Waals surface area (Å²) in [4.78, 5) is 36.1. The van der Waals surface area contributed by atoms with Crippen LogP contribution < -0.4 is 14.8 Å². The van der Waals surface area contributed by atoms with Crippen molar-refractivity contribution in [2.24, 2.45) is 0 Å². The summed E-state index contributed by atoms with van der Waals surface area (Å²) >= 11 is 0. The van der Waals surface area contributed by atoms with Gasteiger partial charge in [0.1, 0.15) is 19.0 Å². The number of rotatable bonds is 7. The van der Waals surface area contributed by atoms with Crippen molar-refractivity contribution in [2.45, 2.75) is 12.8 Å². The lowest BCUT2D eigenvalue weighted by Gasteiger charge is -2.18. The molecular formula is C20H18FNO5. The summed E-state index contributed by atoms with van der Waals surface area (Å²) in [5.74, 6) is -0.269. The highest BCUT2D eigenvalue weighted by Crippen LogP contribution is 2.31. The highest BCUT2D eigenvalue weighted by atomic mass is 19.1. The van der Waals surface area contributed by atoms with E-state index >= 15 is 0 Å². The second-order valence-corrected chi connectivity index (χ2v) is 5.99. The van der Waals surface area contributed by atoms with Crippen molar-refractivity contribution >= 4 is 17.5 Å². The lowest BCUT2D eigenvalue weighted by atomic mass is 10.1. The fourth-order valence-corrected chi connectivity index (χ4v) is 2.59.